The van der Waals surface area contributed by atoms with Gasteiger partial charge in [0.05, 0.1) is 13.2 Å². The van der Waals surface area contributed by atoms with Crippen LogP contribution in [0.1, 0.15) is 39.0 Å². The molecule has 1 aromatic carbocycles. The summed E-state index contributed by atoms with van der Waals surface area (Å²) < 4.78 is 10.7. The smallest absolute Gasteiger partial charge is 0.331 e. The molecule has 0 fully saturated rings. The van der Waals surface area contributed by atoms with Crippen LogP contribution in [-0.4, -0.2) is 31.5 Å². The van der Waals surface area contributed by atoms with Gasteiger partial charge in [-0.05, 0) is 37.0 Å². The Morgan fingerprint density at radius 2 is 2.17 bits per heavy atom. The predicted octanol–water partition coefficient (Wildman–Crippen LogP) is 4.65. The van der Waals surface area contributed by atoms with Crippen molar-refractivity contribution in [3.05, 3.63) is 30.4 Å². The molecular weight excluding hydrogens is 322 g/mol. The van der Waals surface area contributed by atoms with Crippen molar-refractivity contribution in [1.82, 2.24) is 0 Å². The fraction of sp³-hybridized carbons (Fsp3) is 0.526. The molecule has 0 amide bonds. The van der Waals surface area contributed by atoms with Crippen LogP contribution in [0.3, 0.4) is 0 Å². The normalized spacial score (nSPS) is 17.6. The van der Waals surface area contributed by atoms with Crippen molar-refractivity contribution in [2.24, 2.45) is 0 Å². The number of unbranched alkanes of at least 4 members (excludes halogenated alkanes) is 3. The standard InChI is InChI=1S/C19H27NO3S/c1-4-5-6-7-8-15(17-11-12-19(21)23-17)20-16-10-9-14(22-2)13-18(16)24-3/h9-13,15,17,20H,4-8H2,1-3H3/t15-,17+/m0/s1. The van der Waals surface area contributed by atoms with Crippen LogP contribution < -0.4 is 10.1 Å². The Kier molecular flexibility index (Phi) is 7.50. The van der Waals surface area contributed by atoms with Gasteiger partial charge in [-0.15, -0.1) is 11.8 Å². The fourth-order valence-corrected chi connectivity index (χ4v) is 3.41. The van der Waals surface area contributed by atoms with E-state index in [1.165, 1.54) is 25.3 Å². The predicted molar refractivity (Wildman–Crippen MR) is 100.0 cm³/mol. The molecule has 24 heavy (non-hydrogen) atoms. The monoisotopic (exact) mass is 349 g/mol. The number of carbonyl (C=O) groups is 1. The number of benzene rings is 1. The van der Waals surface area contributed by atoms with Gasteiger partial charge in [0, 0.05) is 16.7 Å². The molecule has 0 saturated heterocycles. The summed E-state index contributed by atoms with van der Waals surface area (Å²) in [5, 5.41) is 3.58. The number of hydrogen-bond acceptors (Lipinski definition) is 5. The maximum Gasteiger partial charge on any atom is 0.331 e. The first kappa shape index (κ1) is 18.7. The van der Waals surface area contributed by atoms with E-state index in [0.717, 1.165) is 29.2 Å². The molecule has 1 aliphatic rings. The van der Waals surface area contributed by atoms with Crippen LogP contribution in [0.5, 0.6) is 5.75 Å². The summed E-state index contributed by atoms with van der Waals surface area (Å²) >= 11 is 1.67. The summed E-state index contributed by atoms with van der Waals surface area (Å²) in [4.78, 5) is 12.6. The number of nitrogens with one attached hydrogen (secondary N) is 1. The van der Waals surface area contributed by atoms with Gasteiger partial charge in [0.1, 0.15) is 11.9 Å². The first-order valence-corrected chi connectivity index (χ1v) is 9.77. The number of carbonyl (C=O) groups excluding carboxylic acids is 1. The van der Waals surface area contributed by atoms with Gasteiger partial charge in [-0.25, -0.2) is 4.79 Å². The Balaban J connectivity index is 2.09. The topological polar surface area (TPSA) is 47.6 Å². The second-order valence-electron chi connectivity index (χ2n) is 5.93. The Labute approximate surface area is 149 Å². The third-order valence-corrected chi connectivity index (χ3v) is 4.97. The molecule has 0 radical (unpaired) electrons. The Morgan fingerprint density at radius 1 is 1.33 bits per heavy atom. The molecule has 0 aliphatic carbocycles. The third-order valence-electron chi connectivity index (χ3n) is 4.19. The number of thioether (sulfide) groups is 1. The highest BCUT2D eigenvalue weighted by molar-refractivity contribution is 7.98. The average molecular weight is 349 g/mol. The SMILES string of the molecule is CCCCCC[C@H](Nc1ccc(OC)cc1SC)[C@H]1C=CC(=O)O1. The quantitative estimate of drug-likeness (QED) is 0.378. The first-order chi connectivity index (χ1) is 11.7. The van der Waals surface area contributed by atoms with Crippen LogP contribution in [-0.2, 0) is 9.53 Å². The van der Waals surface area contributed by atoms with Gasteiger partial charge in [0.25, 0.3) is 0 Å². The van der Waals surface area contributed by atoms with E-state index in [9.17, 15) is 4.79 Å². The molecule has 2 rings (SSSR count). The van der Waals surface area contributed by atoms with Crippen molar-refractivity contribution in [2.75, 3.05) is 18.7 Å². The van der Waals surface area contributed by atoms with Crippen molar-refractivity contribution >= 4 is 23.4 Å². The molecule has 0 bridgehead atoms. The third kappa shape index (κ3) is 5.20. The van der Waals surface area contributed by atoms with Gasteiger partial charge in [0.2, 0.25) is 0 Å². The van der Waals surface area contributed by atoms with Gasteiger partial charge in [-0.1, -0.05) is 32.6 Å². The molecule has 0 saturated carbocycles. The van der Waals surface area contributed by atoms with Crippen molar-refractivity contribution in [3.63, 3.8) is 0 Å². The molecule has 132 valence electrons. The summed E-state index contributed by atoms with van der Waals surface area (Å²) in [5.74, 6) is 0.594. The molecular formula is C19H27NO3S. The number of anilines is 1. The van der Waals surface area contributed by atoms with E-state index in [2.05, 4.69) is 12.2 Å². The zero-order valence-corrected chi connectivity index (χ0v) is 15.5. The first-order valence-electron chi connectivity index (χ1n) is 8.55. The number of methoxy groups -OCH3 is 1. The molecule has 4 nitrogen and oxygen atoms in total. The van der Waals surface area contributed by atoms with Crippen LogP contribution in [0.4, 0.5) is 5.69 Å². The van der Waals surface area contributed by atoms with Gasteiger partial charge in [-0.2, -0.15) is 0 Å². The molecule has 2 atom stereocenters. The maximum atomic E-state index is 11.4. The van der Waals surface area contributed by atoms with Gasteiger partial charge >= 0.3 is 5.97 Å². The average Bonchev–Trinajstić information content (AvgIpc) is 3.04. The number of rotatable bonds is 10. The Hall–Kier alpha value is -1.62. The summed E-state index contributed by atoms with van der Waals surface area (Å²) in [6.45, 7) is 2.21. The zero-order chi connectivity index (χ0) is 17.4. The maximum absolute atomic E-state index is 11.4. The Morgan fingerprint density at radius 3 is 2.79 bits per heavy atom. The van der Waals surface area contributed by atoms with Gasteiger partial charge in [0.15, 0.2) is 0 Å². The van der Waals surface area contributed by atoms with E-state index in [0.29, 0.717) is 0 Å². The van der Waals surface area contributed by atoms with Crippen LogP contribution in [0, 0.1) is 0 Å². The molecule has 0 spiro atoms. The minimum absolute atomic E-state index is 0.0869. The van der Waals surface area contributed by atoms with Crippen LogP contribution in [0.25, 0.3) is 0 Å². The number of hydrogen-bond donors (Lipinski definition) is 1. The van der Waals surface area contributed by atoms with E-state index in [1.807, 2.05) is 30.5 Å². The van der Waals surface area contributed by atoms with E-state index >= 15 is 0 Å². The van der Waals surface area contributed by atoms with Crippen LogP contribution >= 0.6 is 11.8 Å². The Bertz CT molecular complexity index is 574. The number of ether oxygens (including phenoxy) is 2. The van der Waals surface area contributed by atoms with Gasteiger partial charge < -0.3 is 14.8 Å². The summed E-state index contributed by atoms with van der Waals surface area (Å²) in [6.07, 6.45) is 11.0. The van der Waals surface area contributed by atoms with Crippen LogP contribution in [0.15, 0.2) is 35.2 Å². The minimum atomic E-state index is -0.250. The van der Waals surface area contributed by atoms with Gasteiger partial charge in [-0.3, -0.25) is 0 Å². The van der Waals surface area contributed by atoms with Crippen molar-refractivity contribution in [1.29, 1.82) is 0 Å². The molecule has 5 heteroatoms. The fourth-order valence-electron chi connectivity index (χ4n) is 2.83. The van der Waals surface area contributed by atoms with E-state index < -0.39 is 0 Å². The molecule has 1 heterocycles. The number of cyclic esters (lactones) is 1. The highest BCUT2D eigenvalue weighted by atomic mass is 32.2. The summed E-state index contributed by atoms with van der Waals surface area (Å²) in [6, 6.07) is 6.10. The second kappa shape index (κ2) is 9.62. The molecule has 0 aromatic heterocycles. The molecule has 1 aliphatic heterocycles. The van der Waals surface area contributed by atoms with E-state index in [-0.39, 0.29) is 18.1 Å². The lowest BCUT2D eigenvalue weighted by Crippen LogP contribution is -2.33. The molecule has 0 unspecified atom stereocenters. The van der Waals surface area contributed by atoms with Crippen LogP contribution in [0.2, 0.25) is 0 Å². The second-order valence-corrected chi connectivity index (χ2v) is 6.78. The van der Waals surface area contributed by atoms with Crippen molar-refractivity contribution in [3.8, 4) is 5.75 Å². The lowest BCUT2D eigenvalue weighted by molar-refractivity contribution is -0.139. The highest BCUT2D eigenvalue weighted by Gasteiger charge is 2.26. The molecule has 1 aromatic rings. The lowest BCUT2D eigenvalue weighted by Gasteiger charge is -2.25. The summed E-state index contributed by atoms with van der Waals surface area (Å²) in [7, 11) is 1.67. The largest absolute Gasteiger partial charge is 0.497 e. The van der Waals surface area contributed by atoms with E-state index in [1.54, 1.807) is 18.9 Å². The zero-order valence-electron chi connectivity index (χ0n) is 14.7. The van der Waals surface area contributed by atoms with Crippen molar-refractivity contribution < 1.29 is 14.3 Å². The number of esters is 1. The lowest BCUT2D eigenvalue weighted by atomic mass is 10.0. The van der Waals surface area contributed by atoms with E-state index in [4.69, 9.17) is 9.47 Å². The highest BCUT2D eigenvalue weighted by Crippen LogP contribution is 2.31. The summed E-state index contributed by atoms with van der Waals surface area (Å²) in [5.41, 5.74) is 1.06. The minimum Gasteiger partial charge on any atom is -0.497 e. The molecule has 1 N–H and O–H groups in total. The van der Waals surface area contributed by atoms with Crippen molar-refractivity contribution in [2.45, 2.75) is 56.1 Å².